The van der Waals surface area contributed by atoms with E-state index in [1.165, 1.54) is 47.2 Å². The van der Waals surface area contributed by atoms with Crippen molar-refractivity contribution < 1.29 is 4.42 Å². The molecule has 3 nitrogen and oxygen atoms in total. The molecule has 3 heterocycles. The second kappa shape index (κ2) is 10.6. The summed E-state index contributed by atoms with van der Waals surface area (Å²) in [6, 6.07) is 61.2. The molecule has 0 aliphatic heterocycles. The van der Waals surface area contributed by atoms with Crippen molar-refractivity contribution in [2.24, 2.45) is 0 Å². The lowest BCUT2D eigenvalue weighted by Gasteiger charge is -2.28. The number of benzene rings is 8. The van der Waals surface area contributed by atoms with E-state index in [-0.39, 0.29) is 0 Å². The number of nitrogens with zero attached hydrogens (tertiary/aromatic N) is 2. The summed E-state index contributed by atoms with van der Waals surface area (Å²) >= 11 is 1.85. The first-order chi connectivity index (χ1) is 24.8. The van der Waals surface area contributed by atoms with E-state index in [4.69, 9.17) is 4.42 Å². The van der Waals surface area contributed by atoms with Gasteiger partial charge in [0, 0.05) is 64.5 Å². The highest BCUT2D eigenvalue weighted by Gasteiger charge is 2.24. The Morgan fingerprint density at radius 2 is 1.10 bits per heavy atom. The van der Waals surface area contributed by atoms with Crippen molar-refractivity contribution in [3.63, 3.8) is 0 Å². The molecule has 0 spiro atoms. The van der Waals surface area contributed by atoms with Gasteiger partial charge in [0.2, 0.25) is 0 Å². The summed E-state index contributed by atoms with van der Waals surface area (Å²) in [6.45, 7) is 0. The minimum absolute atomic E-state index is 0.881. The summed E-state index contributed by atoms with van der Waals surface area (Å²) in [5.41, 5.74) is 8.57. The largest absolute Gasteiger partial charge is 0.456 e. The molecular weight excluding hydrogens is 629 g/mol. The van der Waals surface area contributed by atoms with Crippen LogP contribution >= 0.6 is 11.3 Å². The number of anilines is 3. The lowest BCUT2D eigenvalue weighted by molar-refractivity contribution is 0.669. The molecule has 3 aromatic heterocycles. The first-order valence-corrected chi connectivity index (χ1v) is 17.8. The molecule has 11 rings (SSSR count). The predicted octanol–water partition coefficient (Wildman–Crippen LogP) is 13.7. The van der Waals surface area contributed by atoms with Crippen LogP contribution in [0.3, 0.4) is 0 Å². The van der Waals surface area contributed by atoms with Crippen molar-refractivity contribution in [1.82, 2.24) is 4.57 Å². The van der Waals surface area contributed by atoms with Gasteiger partial charge in [-0.3, -0.25) is 0 Å². The molecular formula is C46H28N2OS. The number of furan rings is 1. The van der Waals surface area contributed by atoms with Crippen LogP contribution in [0.25, 0.3) is 80.4 Å². The highest BCUT2D eigenvalue weighted by Crippen LogP contribution is 2.49. The Morgan fingerprint density at radius 1 is 0.420 bits per heavy atom. The summed E-state index contributed by atoms with van der Waals surface area (Å²) in [5, 5.41) is 9.64. The van der Waals surface area contributed by atoms with Gasteiger partial charge in [0.1, 0.15) is 11.2 Å². The molecule has 8 aromatic carbocycles. The van der Waals surface area contributed by atoms with E-state index in [1.54, 1.807) is 0 Å². The second-order valence-corrected chi connectivity index (χ2v) is 14.0. The third-order valence-corrected chi connectivity index (χ3v) is 11.3. The van der Waals surface area contributed by atoms with Crippen LogP contribution in [0.1, 0.15) is 0 Å². The molecule has 4 heteroatoms. The molecule has 0 unspecified atom stereocenters. The first-order valence-electron chi connectivity index (χ1n) is 16.9. The molecule has 0 atom stereocenters. The fourth-order valence-electron chi connectivity index (χ4n) is 8.06. The van der Waals surface area contributed by atoms with E-state index >= 15 is 0 Å². The Hall–Kier alpha value is -6.36. The van der Waals surface area contributed by atoms with Gasteiger partial charge in [-0.05, 0) is 60.0 Å². The number of hydrogen-bond acceptors (Lipinski definition) is 3. The maximum Gasteiger partial charge on any atom is 0.138 e. The van der Waals surface area contributed by atoms with E-state index in [1.807, 2.05) is 17.4 Å². The van der Waals surface area contributed by atoms with Crippen LogP contribution in [-0.2, 0) is 0 Å². The van der Waals surface area contributed by atoms with Gasteiger partial charge in [-0.2, -0.15) is 0 Å². The summed E-state index contributed by atoms with van der Waals surface area (Å²) in [5.74, 6) is 0. The molecule has 0 N–H and O–H groups in total. The zero-order valence-corrected chi connectivity index (χ0v) is 27.7. The number of aromatic nitrogens is 1. The SMILES string of the molecule is c1ccc(-n2c3ccccc3c3c(N(c4ccc5c(c4)sc4ccccc45)c4cc5oc6ccccc6c5c5ccccc45)cccc32)cc1. The van der Waals surface area contributed by atoms with Crippen LogP contribution in [0.15, 0.2) is 174 Å². The number of thiophene rings is 1. The van der Waals surface area contributed by atoms with Crippen LogP contribution in [0.4, 0.5) is 17.1 Å². The van der Waals surface area contributed by atoms with Gasteiger partial charge in [-0.25, -0.2) is 0 Å². The Labute approximate surface area is 291 Å². The van der Waals surface area contributed by atoms with Crippen molar-refractivity contribution in [3.05, 3.63) is 170 Å². The van der Waals surface area contributed by atoms with Gasteiger partial charge in [0.15, 0.2) is 0 Å². The van der Waals surface area contributed by atoms with Gasteiger partial charge in [0.25, 0.3) is 0 Å². The maximum absolute atomic E-state index is 6.62. The molecule has 0 fully saturated rings. The zero-order valence-electron chi connectivity index (χ0n) is 26.9. The molecule has 11 aromatic rings. The highest BCUT2D eigenvalue weighted by molar-refractivity contribution is 7.25. The molecule has 0 amide bonds. The van der Waals surface area contributed by atoms with Gasteiger partial charge in [-0.1, -0.05) is 109 Å². The zero-order chi connectivity index (χ0) is 32.8. The van der Waals surface area contributed by atoms with Crippen LogP contribution in [0.2, 0.25) is 0 Å². The molecule has 0 radical (unpaired) electrons. The summed E-state index contributed by atoms with van der Waals surface area (Å²) < 4.78 is 11.6. The van der Waals surface area contributed by atoms with Gasteiger partial charge < -0.3 is 13.9 Å². The van der Waals surface area contributed by atoms with E-state index < -0.39 is 0 Å². The summed E-state index contributed by atoms with van der Waals surface area (Å²) in [4.78, 5) is 2.46. The molecule has 0 bridgehead atoms. The van der Waals surface area contributed by atoms with Crippen LogP contribution in [-0.4, -0.2) is 4.57 Å². The third-order valence-electron chi connectivity index (χ3n) is 10.2. The van der Waals surface area contributed by atoms with Crippen molar-refractivity contribution in [1.29, 1.82) is 0 Å². The summed E-state index contributed by atoms with van der Waals surface area (Å²) in [6.07, 6.45) is 0. The molecule has 0 aliphatic carbocycles. The summed E-state index contributed by atoms with van der Waals surface area (Å²) in [7, 11) is 0. The smallest absolute Gasteiger partial charge is 0.138 e. The molecule has 0 saturated carbocycles. The number of hydrogen-bond donors (Lipinski definition) is 0. The van der Waals surface area contributed by atoms with E-state index in [0.29, 0.717) is 0 Å². The van der Waals surface area contributed by atoms with E-state index in [2.05, 4.69) is 173 Å². The van der Waals surface area contributed by atoms with Crippen molar-refractivity contribution in [3.8, 4) is 5.69 Å². The Balaban J connectivity index is 1.28. The lowest BCUT2D eigenvalue weighted by Crippen LogP contribution is -2.11. The first kappa shape index (κ1) is 27.6. The number of fused-ring (bicyclic) bond motifs is 11. The lowest BCUT2D eigenvalue weighted by atomic mass is 10.00. The average Bonchev–Trinajstić information content (AvgIpc) is 3.85. The molecule has 234 valence electrons. The van der Waals surface area contributed by atoms with Crippen LogP contribution in [0, 0.1) is 0 Å². The van der Waals surface area contributed by atoms with Crippen molar-refractivity contribution >= 4 is 103 Å². The average molecular weight is 657 g/mol. The van der Waals surface area contributed by atoms with Crippen LogP contribution < -0.4 is 4.90 Å². The van der Waals surface area contributed by atoms with Gasteiger partial charge in [-0.15, -0.1) is 11.3 Å². The predicted molar refractivity (Wildman–Crippen MR) is 213 cm³/mol. The fraction of sp³-hybridized carbons (Fsp3) is 0. The Bertz CT molecular complexity index is 3110. The molecule has 50 heavy (non-hydrogen) atoms. The second-order valence-electron chi connectivity index (χ2n) is 12.9. The topological polar surface area (TPSA) is 21.3 Å². The van der Waals surface area contributed by atoms with E-state index in [9.17, 15) is 0 Å². The third kappa shape index (κ3) is 3.91. The Kier molecular flexibility index (Phi) is 5.83. The molecule has 0 saturated heterocycles. The molecule has 0 aliphatic rings. The van der Waals surface area contributed by atoms with Gasteiger partial charge >= 0.3 is 0 Å². The quantitative estimate of drug-likeness (QED) is 0.188. The maximum atomic E-state index is 6.62. The fourth-order valence-corrected chi connectivity index (χ4v) is 9.20. The monoisotopic (exact) mass is 656 g/mol. The van der Waals surface area contributed by atoms with Crippen molar-refractivity contribution in [2.45, 2.75) is 0 Å². The van der Waals surface area contributed by atoms with E-state index in [0.717, 1.165) is 50.2 Å². The Morgan fingerprint density at radius 3 is 1.98 bits per heavy atom. The standard InChI is InChI=1S/C46H28N2OS/c1-2-13-29(14-3-1)47-37-20-9-6-18-35(37)46-38(47)21-12-22-39(46)48(30-25-26-33-32-16-8-11-24-43(32)50-44(33)27-30)40-28-42-45(34-17-5-4-15-31(34)40)36-19-7-10-23-41(36)49-42/h1-28H. The highest BCUT2D eigenvalue weighted by atomic mass is 32.1. The number of rotatable bonds is 4. The van der Waals surface area contributed by atoms with Crippen molar-refractivity contribution in [2.75, 3.05) is 4.90 Å². The minimum atomic E-state index is 0.881. The number of para-hydroxylation sites is 3. The van der Waals surface area contributed by atoms with Crippen LogP contribution in [0.5, 0.6) is 0 Å². The minimum Gasteiger partial charge on any atom is -0.456 e. The van der Waals surface area contributed by atoms with Gasteiger partial charge in [0.05, 0.1) is 22.4 Å². The normalized spacial score (nSPS) is 12.0.